The summed E-state index contributed by atoms with van der Waals surface area (Å²) in [5, 5.41) is 11.7. The first-order valence-electron chi connectivity index (χ1n) is 9.54. The quantitative estimate of drug-likeness (QED) is 0.798. The molecule has 6 nitrogen and oxygen atoms in total. The van der Waals surface area contributed by atoms with Gasteiger partial charge in [0.2, 0.25) is 0 Å². The molecule has 0 saturated carbocycles. The Hall–Kier alpha value is -3.15. The van der Waals surface area contributed by atoms with Crippen molar-refractivity contribution in [3.05, 3.63) is 65.7 Å². The number of hydrogen-bond donors (Lipinski definition) is 2. The topological polar surface area (TPSA) is 86.7 Å². The van der Waals surface area contributed by atoms with Crippen molar-refractivity contribution in [2.45, 2.75) is 38.1 Å². The number of piperidine rings is 1. The number of hydrogen-bond acceptors (Lipinski definition) is 3. The van der Waals surface area contributed by atoms with E-state index in [4.69, 9.17) is 5.11 Å². The summed E-state index contributed by atoms with van der Waals surface area (Å²) in [5.74, 6) is -1.18. The molecule has 6 heteroatoms. The summed E-state index contributed by atoms with van der Waals surface area (Å²) in [6.45, 7) is 0.638. The van der Waals surface area contributed by atoms with Crippen LogP contribution in [0.5, 0.6) is 0 Å². The minimum Gasteiger partial charge on any atom is -0.481 e. The maximum atomic E-state index is 12.9. The zero-order chi connectivity index (χ0) is 19.9. The summed E-state index contributed by atoms with van der Waals surface area (Å²) in [6.07, 6.45) is 3.29. The molecular weight excluding hydrogens is 356 g/mol. The molecule has 0 radical (unpaired) electrons. The molecule has 2 aromatic carbocycles. The van der Waals surface area contributed by atoms with Gasteiger partial charge in [-0.05, 0) is 62.1 Å². The summed E-state index contributed by atoms with van der Waals surface area (Å²) in [6, 6.07) is 15.7. The second-order valence-corrected chi connectivity index (χ2v) is 6.98. The summed E-state index contributed by atoms with van der Waals surface area (Å²) in [5.41, 5.74) is 1.70. The molecule has 1 saturated heterocycles. The highest BCUT2D eigenvalue weighted by molar-refractivity contribution is 6.05. The zero-order valence-electron chi connectivity index (χ0n) is 15.6. The van der Waals surface area contributed by atoms with Gasteiger partial charge in [-0.15, -0.1) is 0 Å². The Balaban J connectivity index is 1.66. The van der Waals surface area contributed by atoms with E-state index < -0.39 is 5.97 Å². The largest absolute Gasteiger partial charge is 0.481 e. The van der Waals surface area contributed by atoms with Crippen molar-refractivity contribution in [2.24, 2.45) is 0 Å². The number of rotatable bonds is 6. The van der Waals surface area contributed by atoms with E-state index in [0.29, 0.717) is 29.8 Å². The van der Waals surface area contributed by atoms with E-state index in [1.807, 2.05) is 30.3 Å². The van der Waals surface area contributed by atoms with Crippen LogP contribution in [0.4, 0.5) is 5.69 Å². The van der Waals surface area contributed by atoms with Crippen LogP contribution < -0.4 is 5.32 Å². The zero-order valence-corrected chi connectivity index (χ0v) is 15.6. The predicted octanol–water partition coefficient (Wildman–Crippen LogP) is 3.80. The van der Waals surface area contributed by atoms with E-state index in [-0.39, 0.29) is 24.3 Å². The number of para-hydroxylation sites is 1. The molecule has 2 aromatic rings. The second kappa shape index (κ2) is 9.17. The molecule has 0 aliphatic carbocycles. The van der Waals surface area contributed by atoms with Crippen molar-refractivity contribution < 1.29 is 19.5 Å². The Bertz CT molecular complexity index is 833. The van der Waals surface area contributed by atoms with Gasteiger partial charge in [0.15, 0.2) is 0 Å². The third-order valence-corrected chi connectivity index (χ3v) is 5.01. The minimum atomic E-state index is -0.841. The number of carbonyl (C=O) groups excluding carboxylic acids is 2. The number of nitrogens with one attached hydrogen (secondary N) is 1. The molecule has 1 heterocycles. The second-order valence-electron chi connectivity index (χ2n) is 6.98. The van der Waals surface area contributed by atoms with Gasteiger partial charge in [-0.2, -0.15) is 0 Å². The van der Waals surface area contributed by atoms with Gasteiger partial charge >= 0.3 is 5.97 Å². The van der Waals surface area contributed by atoms with Gasteiger partial charge in [-0.3, -0.25) is 14.4 Å². The molecule has 1 aliphatic heterocycles. The number of carboxylic acids is 1. The maximum Gasteiger partial charge on any atom is 0.303 e. The monoisotopic (exact) mass is 380 g/mol. The number of carbonyl (C=O) groups is 3. The van der Waals surface area contributed by atoms with Crippen molar-refractivity contribution in [1.29, 1.82) is 0 Å². The number of benzene rings is 2. The van der Waals surface area contributed by atoms with Crippen molar-refractivity contribution in [3.63, 3.8) is 0 Å². The molecule has 1 fully saturated rings. The van der Waals surface area contributed by atoms with Crippen LogP contribution in [0.25, 0.3) is 0 Å². The fourth-order valence-electron chi connectivity index (χ4n) is 3.51. The number of amides is 2. The van der Waals surface area contributed by atoms with E-state index >= 15 is 0 Å². The summed E-state index contributed by atoms with van der Waals surface area (Å²) in [4.78, 5) is 37.9. The first kappa shape index (κ1) is 19.6. The van der Waals surface area contributed by atoms with Gasteiger partial charge in [-0.1, -0.05) is 18.2 Å². The van der Waals surface area contributed by atoms with E-state index in [0.717, 1.165) is 19.3 Å². The van der Waals surface area contributed by atoms with Crippen LogP contribution in [0.1, 0.15) is 52.8 Å². The first-order chi connectivity index (χ1) is 13.5. The highest BCUT2D eigenvalue weighted by atomic mass is 16.4. The van der Waals surface area contributed by atoms with Crippen LogP contribution >= 0.6 is 0 Å². The molecule has 0 spiro atoms. The first-order valence-corrected chi connectivity index (χ1v) is 9.54. The molecule has 0 bridgehead atoms. The van der Waals surface area contributed by atoms with Crippen molar-refractivity contribution in [3.8, 4) is 0 Å². The molecule has 0 aromatic heterocycles. The van der Waals surface area contributed by atoms with Crippen molar-refractivity contribution in [2.75, 3.05) is 11.9 Å². The number of anilines is 1. The summed E-state index contributed by atoms with van der Waals surface area (Å²) >= 11 is 0. The van der Waals surface area contributed by atoms with Gasteiger partial charge < -0.3 is 15.3 Å². The molecule has 1 unspecified atom stereocenters. The van der Waals surface area contributed by atoms with Crippen LogP contribution in [-0.4, -0.2) is 40.4 Å². The normalized spacial score (nSPS) is 16.4. The number of carboxylic acid groups (broad SMARTS) is 1. The van der Waals surface area contributed by atoms with Crippen LogP contribution in [0, 0.1) is 0 Å². The molecule has 1 aliphatic rings. The molecule has 1 atom stereocenters. The summed E-state index contributed by atoms with van der Waals surface area (Å²) in [7, 11) is 0. The van der Waals surface area contributed by atoms with E-state index in [1.165, 1.54) is 0 Å². The number of likely N-dealkylation sites (tertiary alicyclic amines) is 1. The van der Waals surface area contributed by atoms with Gasteiger partial charge in [0.1, 0.15) is 0 Å². The van der Waals surface area contributed by atoms with Crippen molar-refractivity contribution >= 4 is 23.5 Å². The predicted molar refractivity (Wildman–Crippen MR) is 106 cm³/mol. The van der Waals surface area contributed by atoms with Crippen molar-refractivity contribution in [1.82, 2.24) is 4.90 Å². The molecule has 2 amide bonds. The minimum absolute atomic E-state index is 0.0431. The third kappa shape index (κ3) is 4.97. The standard InChI is InChI=1S/C22H24N2O4/c25-20(26)14-13-19-8-4-5-15-24(19)22(28)17-11-9-16(10-12-17)21(27)23-18-6-2-1-3-7-18/h1-3,6-7,9-12,19H,4-5,8,13-15H2,(H,23,27)(H,25,26). The third-order valence-electron chi connectivity index (χ3n) is 5.01. The van der Waals surface area contributed by atoms with Crippen LogP contribution in [0.2, 0.25) is 0 Å². The Morgan fingerprint density at radius 2 is 1.64 bits per heavy atom. The SMILES string of the molecule is O=C(O)CCC1CCCCN1C(=O)c1ccc(C(=O)Nc2ccccc2)cc1. The Morgan fingerprint density at radius 3 is 2.32 bits per heavy atom. The fourth-order valence-corrected chi connectivity index (χ4v) is 3.51. The van der Waals surface area contributed by atoms with Gasteiger partial charge in [0.05, 0.1) is 0 Å². The Morgan fingerprint density at radius 1 is 0.964 bits per heavy atom. The average molecular weight is 380 g/mol. The van der Waals surface area contributed by atoms with Gasteiger partial charge in [0.25, 0.3) is 11.8 Å². The van der Waals surface area contributed by atoms with Crippen LogP contribution in [-0.2, 0) is 4.79 Å². The van der Waals surface area contributed by atoms with E-state index in [2.05, 4.69) is 5.32 Å². The highest BCUT2D eigenvalue weighted by Crippen LogP contribution is 2.23. The molecule has 2 N–H and O–H groups in total. The lowest BCUT2D eigenvalue weighted by Crippen LogP contribution is -2.44. The maximum absolute atomic E-state index is 12.9. The van der Waals surface area contributed by atoms with Crippen LogP contribution in [0.3, 0.4) is 0 Å². The molecular formula is C22H24N2O4. The van der Waals surface area contributed by atoms with Crippen LogP contribution in [0.15, 0.2) is 54.6 Å². The molecule has 146 valence electrons. The summed E-state index contributed by atoms with van der Waals surface area (Å²) < 4.78 is 0. The van der Waals surface area contributed by atoms with E-state index in [1.54, 1.807) is 29.2 Å². The van der Waals surface area contributed by atoms with Gasteiger partial charge in [-0.25, -0.2) is 0 Å². The highest BCUT2D eigenvalue weighted by Gasteiger charge is 2.27. The number of aliphatic carboxylic acids is 1. The lowest BCUT2D eigenvalue weighted by molar-refractivity contribution is -0.137. The lowest BCUT2D eigenvalue weighted by atomic mass is 9.96. The van der Waals surface area contributed by atoms with Gasteiger partial charge in [0, 0.05) is 35.8 Å². The Labute approximate surface area is 164 Å². The molecule has 3 rings (SSSR count). The van der Waals surface area contributed by atoms with E-state index in [9.17, 15) is 14.4 Å². The Kier molecular flexibility index (Phi) is 6.42. The fraction of sp³-hybridized carbons (Fsp3) is 0.318. The molecule has 28 heavy (non-hydrogen) atoms. The average Bonchev–Trinajstić information content (AvgIpc) is 2.73. The smallest absolute Gasteiger partial charge is 0.303 e. The number of nitrogens with zero attached hydrogens (tertiary/aromatic N) is 1. The lowest BCUT2D eigenvalue weighted by Gasteiger charge is -2.35.